The molecule has 4 aromatic carbocycles. The normalized spacial score (nSPS) is 16.0. The van der Waals surface area contributed by atoms with Gasteiger partial charge in [-0.05, 0) is 94.5 Å². The van der Waals surface area contributed by atoms with Crippen LogP contribution in [-0.4, -0.2) is 27.2 Å². The van der Waals surface area contributed by atoms with Gasteiger partial charge in [-0.15, -0.1) is 0 Å². The first-order valence-electron chi connectivity index (χ1n) is 42.6. The van der Waals surface area contributed by atoms with Crippen molar-refractivity contribution in [2.45, 2.75) is 180 Å². The van der Waals surface area contributed by atoms with Crippen molar-refractivity contribution in [3.05, 3.63) is 287 Å². The molecule has 0 N–H and O–H groups in total. The van der Waals surface area contributed by atoms with Gasteiger partial charge in [0.15, 0.2) is 125 Å². The number of rotatable bonds is 28. The summed E-state index contributed by atoms with van der Waals surface area (Å²) >= 11 is 0. The molecule has 12 aromatic rings. The second-order valence-corrected chi connectivity index (χ2v) is 32.6. The summed E-state index contributed by atoms with van der Waals surface area (Å²) in [5.74, 6) is 5.40. The van der Waals surface area contributed by atoms with Gasteiger partial charge in [0.05, 0.1) is 0 Å². The molecule has 0 saturated carbocycles. The molecular weight excluding hydrogens is 1440 g/mol. The van der Waals surface area contributed by atoms with Crippen molar-refractivity contribution >= 4 is 0 Å². The lowest BCUT2D eigenvalue weighted by Crippen LogP contribution is -2.36. The summed E-state index contributed by atoms with van der Waals surface area (Å²) < 4.78 is 78.0. The number of aromatic nitrogens is 8. The van der Waals surface area contributed by atoms with Gasteiger partial charge >= 0.3 is 0 Å². The van der Waals surface area contributed by atoms with Crippen molar-refractivity contribution < 1.29 is 74.4 Å². The Morgan fingerprint density at radius 3 is 0.534 bits per heavy atom. The third-order valence-corrected chi connectivity index (χ3v) is 24.7. The predicted octanol–water partition coefficient (Wildman–Crippen LogP) is 17.1. The quantitative estimate of drug-likeness (QED) is 0.0353. The van der Waals surface area contributed by atoms with E-state index in [1.807, 2.05) is 0 Å². The van der Waals surface area contributed by atoms with Crippen LogP contribution in [-0.2, 0) is 54.4 Å². The van der Waals surface area contributed by atoms with Gasteiger partial charge in [-0.1, -0.05) is 105 Å². The Hall–Kier alpha value is -11.5. The smallest absolute Gasteiger partial charge is 0.230 e. The molecule has 0 saturated heterocycles. The first-order chi connectivity index (χ1) is 57.0. The zero-order chi connectivity index (χ0) is 79.2. The Labute approximate surface area is 684 Å². The average Bonchev–Trinajstić information content (AvgIpc) is 0.724. The fraction of sp³-hybridized carbons (Fsp3) is 0.360. The van der Waals surface area contributed by atoms with E-state index < -0.39 is 0 Å². The number of aryl methyl sites for hydroxylation is 4. The lowest BCUT2D eigenvalue weighted by atomic mass is 9.74. The molecule has 4 aliphatic heterocycles. The minimum atomic E-state index is -0.227. The highest BCUT2D eigenvalue weighted by Gasteiger charge is 2.44. The molecule has 16 nitrogen and oxygen atoms in total. The molecule has 5 aliphatic rings. The van der Waals surface area contributed by atoms with Gasteiger partial charge in [-0.3, -0.25) is 0 Å². The fourth-order valence-electron chi connectivity index (χ4n) is 18.4. The molecule has 592 valence electrons. The molecule has 0 amide bonds. The maximum atomic E-state index is 7.56. The fourth-order valence-corrected chi connectivity index (χ4v) is 18.4. The van der Waals surface area contributed by atoms with Crippen molar-refractivity contribution in [1.82, 2.24) is 0 Å². The van der Waals surface area contributed by atoms with Crippen LogP contribution in [0, 0.1) is 0 Å². The zero-order valence-corrected chi connectivity index (χ0v) is 68.9. The van der Waals surface area contributed by atoms with Crippen LogP contribution in [0.5, 0.6) is 46.0 Å². The maximum Gasteiger partial charge on any atom is 0.230 e. The molecule has 8 bridgehead atoms. The SMILES string of the molecule is CCCCCC1c2cc3c4c(C[n+]5ccc(-c6cc[n+](C)cc6)cc5)c2OCOc2c1cc1c(c2C[n+]2ccc(-c5cc[n+](C)cc5)cc2)OCOc2c(cc5c(c2C[n+]2ccc(-c6cc[n+](C)cc6)cc2)OCOc2c(cc(c(c2C[n+]2ccc(-c6cc[n+](C)cc6)cc2)OCO4)C3CCCCC)C5CCCCC)C1CCCCC. The number of ether oxygens (including phenoxy) is 8. The summed E-state index contributed by atoms with van der Waals surface area (Å²) in [5, 5.41) is 0. The second kappa shape index (κ2) is 34.9. The first kappa shape index (κ1) is 77.1. The van der Waals surface area contributed by atoms with Crippen molar-refractivity contribution in [2.24, 2.45) is 28.2 Å². The van der Waals surface area contributed by atoms with Crippen molar-refractivity contribution in [3.63, 3.8) is 0 Å². The minimum Gasteiger partial charge on any atom is -0.456 e. The highest BCUT2D eigenvalue weighted by atomic mass is 16.7. The molecule has 1 aliphatic carbocycles. The van der Waals surface area contributed by atoms with Crippen LogP contribution in [0.2, 0.25) is 0 Å². The van der Waals surface area contributed by atoms with E-state index in [0.29, 0.717) is 26.2 Å². The molecule has 17 rings (SSSR count). The number of hydrogen-bond donors (Lipinski definition) is 0. The molecule has 116 heavy (non-hydrogen) atoms. The molecule has 16 heteroatoms. The summed E-state index contributed by atoms with van der Waals surface area (Å²) in [6.07, 6.45) is 50.1. The number of nitrogens with zero attached hydrogens (tertiary/aromatic N) is 8. The van der Waals surface area contributed by atoms with Gasteiger partial charge in [0, 0.05) is 165 Å². The molecule has 0 spiro atoms. The van der Waals surface area contributed by atoms with E-state index in [-0.39, 0.29) is 50.8 Å². The van der Waals surface area contributed by atoms with Gasteiger partial charge in [0.25, 0.3) is 0 Å². The number of unbranched alkanes of at least 4 members (excludes halogenated alkanes) is 8. The van der Waals surface area contributed by atoms with Gasteiger partial charge in [-0.25, -0.2) is 36.5 Å². The second-order valence-electron chi connectivity index (χ2n) is 32.6. The summed E-state index contributed by atoms with van der Waals surface area (Å²) in [7, 11) is 8.24. The Balaban J connectivity index is 0.976. The summed E-state index contributed by atoms with van der Waals surface area (Å²) in [4.78, 5) is 0. The third-order valence-electron chi connectivity index (χ3n) is 24.7. The van der Waals surface area contributed by atoms with Crippen molar-refractivity contribution in [1.29, 1.82) is 0 Å². The molecule has 8 aromatic heterocycles. The van der Waals surface area contributed by atoms with Crippen molar-refractivity contribution in [3.8, 4) is 90.5 Å². The standard InChI is InChI=1S/C100H112N8O8/c1-9-13-17-21-77-81-57-83-78(22-18-14-10-2)85-59-87-80(24-20-16-12-4)88-60-86-79(23-19-15-11-3)84-58-82(77)94-90(62-106-51-35-74(36-52-106)70-27-43-102(6)44-28-70)96(84)112-67-114-98(86)92(64-108-55-39-76(40-56-108)72-31-47-104(8)48-32-72)100(88)116-68-115-99(87)91(63-107-53-37-75(38-54-107)71-29-45-103(7)46-30-71)97(85)113-66-111-95(83)89(93(81)109-65-110-94)61-105-49-33-73(34-50-105)69-25-41-101(5)42-26-69/h25-60,77-80H,9-24,61-68H2,1-8H3/q+8. The average molecular weight is 1550 g/mol. The maximum absolute atomic E-state index is 7.56. The van der Waals surface area contributed by atoms with Crippen molar-refractivity contribution in [2.75, 3.05) is 27.2 Å². The van der Waals surface area contributed by atoms with Crippen LogP contribution < -0.4 is 74.4 Å². The summed E-state index contributed by atoms with van der Waals surface area (Å²) in [5.41, 5.74) is 22.1. The predicted molar refractivity (Wildman–Crippen MR) is 444 cm³/mol. The van der Waals surface area contributed by atoms with Crippen LogP contribution in [0.4, 0.5) is 0 Å². The van der Waals surface area contributed by atoms with E-state index in [0.717, 1.165) is 260 Å². The molecular formula is C100H112N8O8+8. The molecule has 0 radical (unpaired) electrons. The number of pyridine rings is 8. The van der Waals surface area contributed by atoms with Gasteiger partial charge in [0.1, 0.15) is 96.4 Å². The van der Waals surface area contributed by atoms with E-state index in [2.05, 4.69) is 313 Å². The largest absolute Gasteiger partial charge is 0.456 e. The lowest BCUT2D eigenvalue weighted by molar-refractivity contribution is -0.688. The Morgan fingerprint density at radius 1 is 0.224 bits per heavy atom. The molecule has 0 atom stereocenters. The Bertz CT molecular complexity index is 4670. The summed E-state index contributed by atoms with van der Waals surface area (Å²) in [6.45, 7) is 10.8. The van der Waals surface area contributed by atoms with Crippen LogP contribution in [0.25, 0.3) is 44.5 Å². The Kier molecular flexibility index (Phi) is 23.2. The van der Waals surface area contributed by atoms with E-state index in [4.69, 9.17) is 37.9 Å². The minimum absolute atomic E-state index is 0.0717. The molecule has 12 heterocycles. The monoisotopic (exact) mass is 1550 g/mol. The van der Waals surface area contributed by atoms with E-state index >= 15 is 0 Å². The third kappa shape index (κ3) is 16.0. The molecule has 0 fully saturated rings. The highest BCUT2D eigenvalue weighted by molar-refractivity contribution is 5.71. The van der Waals surface area contributed by atoms with Crippen LogP contribution >= 0.6 is 0 Å². The van der Waals surface area contributed by atoms with E-state index in [1.54, 1.807) is 0 Å². The highest BCUT2D eigenvalue weighted by Crippen LogP contribution is 2.59. The number of benzene rings is 4. The van der Waals surface area contributed by atoms with Crippen LogP contribution in [0.1, 0.15) is 221 Å². The first-order valence-corrected chi connectivity index (χ1v) is 42.6. The van der Waals surface area contributed by atoms with Gasteiger partial charge in [0.2, 0.25) is 27.2 Å². The van der Waals surface area contributed by atoms with Gasteiger partial charge in [-0.2, -0.15) is 0 Å². The van der Waals surface area contributed by atoms with Gasteiger partial charge < -0.3 is 37.9 Å². The zero-order valence-electron chi connectivity index (χ0n) is 68.9. The molecule has 0 unspecified atom stereocenters. The number of hydrogen-bond acceptors (Lipinski definition) is 8. The van der Waals surface area contributed by atoms with E-state index in [9.17, 15) is 0 Å². The lowest BCUT2D eigenvalue weighted by Gasteiger charge is -2.37. The van der Waals surface area contributed by atoms with Crippen LogP contribution in [0.15, 0.2) is 220 Å². The van der Waals surface area contributed by atoms with E-state index in [1.165, 1.54) is 0 Å². The Morgan fingerprint density at radius 2 is 0.379 bits per heavy atom. The topological polar surface area (TPSA) is 105 Å². The van der Waals surface area contributed by atoms with Crippen LogP contribution in [0.3, 0.4) is 0 Å². The summed E-state index contributed by atoms with van der Waals surface area (Å²) in [6, 6.07) is 45.4.